The third kappa shape index (κ3) is 4.76. The van der Waals surface area contributed by atoms with Crippen LogP contribution in [0.2, 0.25) is 0 Å². The number of piperidine rings is 1. The van der Waals surface area contributed by atoms with Crippen LogP contribution in [-0.4, -0.2) is 31.7 Å². The van der Waals surface area contributed by atoms with E-state index in [9.17, 15) is 13.2 Å². The maximum Gasteiger partial charge on any atom is 0.243 e. The minimum atomic E-state index is -3.61. The summed E-state index contributed by atoms with van der Waals surface area (Å²) < 4.78 is 27.6. The Hall–Kier alpha value is -2.96. The van der Waals surface area contributed by atoms with Crippen LogP contribution >= 0.6 is 0 Å². The van der Waals surface area contributed by atoms with Gasteiger partial charge >= 0.3 is 0 Å². The lowest BCUT2D eigenvalue weighted by Crippen LogP contribution is -2.46. The van der Waals surface area contributed by atoms with Crippen molar-refractivity contribution < 1.29 is 13.2 Å². The molecular formula is C26H28N2O3S. The third-order valence-electron chi connectivity index (χ3n) is 6.05. The molecule has 1 aliphatic heterocycles. The van der Waals surface area contributed by atoms with Crippen molar-refractivity contribution in [3.63, 3.8) is 0 Å². The molecule has 1 saturated heterocycles. The van der Waals surface area contributed by atoms with Gasteiger partial charge in [0, 0.05) is 13.1 Å². The second-order valence-corrected chi connectivity index (χ2v) is 10.2. The monoisotopic (exact) mass is 448 g/mol. The fraction of sp³-hybridized carbons (Fsp3) is 0.269. The maximum atomic E-state index is 13.3. The highest BCUT2D eigenvalue weighted by Gasteiger charge is 2.34. The molecule has 4 rings (SSSR count). The summed E-state index contributed by atoms with van der Waals surface area (Å²) in [6.07, 6.45) is 1.33. The number of sulfonamides is 1. The van der Waals surface area contributed by atoms with Crippen molar-refractivity contribution in [1.29, 1.82) is 0 Å². The third-order valence-corrected chi connectivity index (χ3v) is 7.93. The number of rotatable bonds is 6. The van der Waals surface area contributed by atoms with E-state index in [0.29, 0.717) is 19.4 Å². The van der Waals surface area contributed by atoms with Crippen molar-refractivity contribution in [2.24, 2.45) is 5.92 Å². The summed E-state index contributed by atoms with van der Waals surface area (Å²) in [6, 6.07) is 26.0. The Morgan fingerprint density at radius 2 is 1.56 bits per heavy atom. The van der Waals surface area contributed by atoms with Crippen LogP contribution in [0.1, 0.15) is 35.6 Å². The summed E-state index contributed by atoms with van der Waals surface area (Å²) in [5, 5.41) is 3.21. The first-order chi connectivity index (χ1) is 15.5. The Balaban J connectivity index is 1.55. The minimum Gasteiger partial charge on any atom is -0.345 e. The summed E-state index contributed by atoms with van der Waals surface area (Å²) in [5.41, 5.74) is 3.13. The van der Waals surface area contributed by atoms with Crippen molar-refractivity contribution in [2.75, 3.05) is 13.1 Å². The zero-order valence-corrected chi connectivity index (χ0v) is 19.0. The van der Waals surface area contributed by atoms with Crippen LogP contribution in [0.5, 0.6) is 0 Å². The average molecular weight is 449 g/mol. The van der Waals surface area contributed by atoms with Gasteiger partial charge in [-0.15, -0.1) is 0 Å². The number of nitrogens with zero attached hydrogens (tertiary/aromatic N) is 1. The second-order valence-electron chi connectivity index (χ2n) is 8.22. The van der Waals surface area contributed by atoms with Crippen LogP contribution in [-0.2, 0) is 14.8 Å². The molecule has 0 aromatic heterocycles. The predicted molar refractivity (Wildman–Crippen MR) is 126 cm³/mol. The molecule has 3 aromatic carbocycles. The largest absolute Gasteiger partial charge is 0.345 e. The molecule has 1 heterocycles. The minimum absolute atomic E-state index is 0.116. The summed E-state index contributed by atoms with van der Waals surface area (Å²) in [4.78, 5) is 13.6. The van der Waals surface area contributed by atoms with Crippen molar-refractivity contribution in [1.82, 2.24) is 9.62 Å². The molecule has 0 aliphatic carbocycles. The Morgan fingerprint density at radius 1 is 0.938 bits per heavy atom. The van der Waals surface area contributed by atoms with E-state index >= 15 is 0 Å². The molecule has 0 spiro atoms. The normalized spacial score (nSPS) is 18.1. The highest BCUT2D eigenvalue weighted by molar-refractivity contribution is 7.89. The van der Waals surface area contributed by atoms with Crippen LogP contribution in [0.15, 0.2) is 89.8 Å². The topological polar surface area (TPSA) is 66.5 Å². The fourth-order valence-corrected chi connectivity index (χ4v) is 5.82. The lowest BCUT2D eigenvalue weighted by atomic mass is 9.93. The maximum absolute atomic E-state index is 13.3. The van der Waals surface area contributed by atoms with Gasteiger partial charge in [0.2, 0.25) is 15.9 Å². The SMILES string of the molecule is Cc1ccccc1C(NC(=O)C1CCCN(S(=O)(=O)c2ccccc2)C1)c1ccccc1. The molecule has 5 nitrogen and oxygen atoms in total. The molecule has 1 N–H and O–H groups in total. The predicted octanol–water partition coefficient (Wildman–Crippen LogP) is 4.30. The van der Waals surface area contributed by atoms with E-state index in [2.05, 4.69) is 5.32 Å². The first-order valence-electron chi connectivity index (χ1n) is 10.9. The van der Waals surface area contributed by atoms with Crippen LogP contribution in [0.25, 0.3) is 0 Å². The van der Waals surface area contributed by atoms with Crippen molar-refractivity contribution in [3.8, 4) is 0 Å². The van der Waals surface area contributed by atoms with E-state index in [1.807, 2.05) is 61.5 Å². The number of benzene rings is 3. The van der Waals surface area contributed by atoms with Crippen molar-refractivity contribution in [2.45, 2.75) is 30.7 Å². The Morgan fingerprint density at radius 3 is 2.25 bits per heavy atom. The van der Waals surface area contributed by atoms with E-state index in [1.54, 1.807) is 30.3 Å². The van der Waals surface area contributed by atoms with Gasteiger partial charge in [0.25, 0.3) is 0 Å². The Bertz CT molecular complexity index is 1160. The lowest BCUT2D eigenvalue weighted by Gasteiger charge is -2.32. The number of hydrogen-bond donors (Lipinski definition) is 1. The number of carbonyl (C=O) groups is 1. The Kier molecular flexibility index (Phi) is 6.72. The fourth-order valence-electron chi connectivity index (χ4n) is 4.27. The van der Waals surface area contributed by atoms with Crippen LogP contribution in [0.4, 0.5) is 0 Å². The van der Waals surface area contributed by atoms with Crippen LogP contribution < -0.4 is 5.32 Å². The van der Waals surface area contributed by atoms with Gasteiger partial charge in [0.15, 0.2) is 0 Å². The number of carbonyl (C=O) groups excluding carboxylic acids is 1. The summed E-state index contributed by atoms with van der Waals surface area (Å²) in [7, 11) is -3.61. The zero-order chi connectivity index (χ0) is 22.6. The molecule has 2 atom stereocenters. The number of nitrogens with one attached hydrogen (secondary N) is 1. The van der Waals surface area contributed by atoms with Gasteiger partial charge < -0.3 is 5.32 Å². The van der Waals surface area contributed by atoms with Gasteiger partial charge in [-0.05, 0) is 48.6 Å². The zero-order valence-electron chi connectivity index (χ0n) is 18.1. The molecule has 0 bridgehead atoms. The van der Waals surface area contributed by atoms with Gasteiger partial charge in [-0.2, -0.15) is 4.31 Å². The van der Waals surface area contributed by atoms with Gasteiger partial charge in [-0.25, -0.2) is 8.42 Å². The molecule has 166 valence electrons. The molecule has 1 fully saturated rings. The molecule has 2 unspecified atom stereocenters. The molecule has 0 saturated carbocycles. The number of amides is 1. The molecular weight excluding hydrogens is 420 g/mol. The van der Waals surface area contributed by atoms with E-state index in [4.69, 9.17) is 0 Å². The lowest BCUT2D eigenvalue weighted by molar-refractivity contribution is -0.126. The molecule has 1 amide bonds. The summed E-state index contributed by atoms with van der Waals surface area (Å²) in [6.45, 7) is 2.66. The van der Waals surface area contributed by atoms with Gasteiger partial charge in [-0.1, -0.05) is 72.8 Å². The number of hydrogen-bond acceptors (Lipinski definition) is 3. The van der Waals surface area contributed by atoms with Gasteiger partial charge in [0.05, 0.1) is 16.9 Å². The second kappa shape index (κ2) is 9.67. The van der Waals surface area contributed by atoms with E-state index < -0.39 is 15.9 Å². The van der Waals surface area contributed by atoms with Crippen LogP contribution in [0.3, 0.4) is 0 Å². The van der Waals surface area contributed by atoms with Crippen LogP contribution in [0, 0.1) is 12.8 Å². The molecule has 3 aromatic rings. The molecule has 6 heteroatoms. The summed E-state index contributed by atoms with van der Waals surface area (Å²) >= 11 is 0. The van der Waals surface area contributed by atoms with Gasteiger partial charge in [0.1, 0.15) is 0 Å². The van der Waals surface area contributed by atoms with E-state index in [0.717, 1.165) is 16.7 Å². The highest BCUT2D eigenvalue weighted by Crippen LogP contribution is 2.28. The van der Waals surface area contributed by atoms with Crippen molar-refractivity contribution in [3.05, 3.63) is 102 Å². The van der Waals surface area contributed by atoms with E-state index in [-0.39, 0.29) is 23.4 Å². The van der Waals surface area contributed by atoms with Gasteiger partial charge in [-0.3, -0.25) is 4.79 Å². The number of aryl methyl sites for hydroxylation is 1. The quantitative estimate of drug-likeness (QED) is 0.611. The summed E-state index contributed by atoms with van der Waals surface area (Å²) in [5.74, 6) is -0.507. The standard InChI is InChI=1S/C26H28N2O3S/c1-20-11-8-9-17-24(20)25(21-12-4-2-5-13-21)27-26(29)22-14-10-18-28(19-22)32(30,31)23-15-6-3-7-16-23/h2-9,11-13,15-17,22,25H,10,14,18-19H2,1H3,(H,27,29). The molecule has 0 radical (unpaired) electrons. The molecule has 1 aliphatic rings. The molecule has 32 heavy (non-hydrogen) atoms. The average Bonchev–Trinajstić information content (AvgIpc) is 2.84. The first kappa shape index (κ1) is 22.2. The smallest absolute Gasteiger partial charge is 0.243 e. The van der Waals surface area contributed by atoms with E-state index in [1.165, 1.54) is 4.31 Å². The van der Waals surface area contributed by atoms with Crippen molar-refractivity contribution >= 4 is 15.9 Å². The highest BCUT2D eigenvalue weighted by atomic mass is 32.2. The first-order valence-corrected chi connectivity index (χ1v) is 12.4. The Labute approximate surface area is 190 Å².